The quantitative estimate of drug-likeness (QED) is 0.0670. The third-order valence-corrected chi connectivity index (χ3v) is 7.55. The zero-order valence-corrected chi connectivity index (χ0v) is 27.6. The molecule has 0 N–H and O–H groups in total. The summed E-state index contributed by atoms with van der Waals surface area (Å²) < 4.78 is 5.69. The van der Waals surface area contributed by atoms with E-state index in [9.17, 15) is 4.79 Å². The molecular formula is C35H69N3O2. The Balaban J connectivity index is 4.10. The van der Waals surface area contributed by atoms with Crippen LogP contribution in [0.5, 0.6) is 0 Å². The predicted molar refractivity (Wildman–Crippen MR) is 176 cm³/mol. The molecule has 5 heteroatoms. The fourth-order valence-corrected chi connectivity index (χ4v) is 4.71. The minimum absolute atomic E-state index is 0.116. The van der Waals surface area contributed by atoms with Gasteiger partial charge in [0.15, 0.2) is 0 Å². The van der Waals surface area contributed by atoms with Crippen LogP contribution in [0.4, 0.5) is 4.79 Å². The van der Waals surface area contributed by atoms with Gasteiger partial charge in [-0.2, -0.15) is 0 Å². The van der Waals surface area contributed by atoms with Crippen molar-refractivity contribution in [1.82, 2.24) is 14.7 Å². The van der Waals surface area contributed by atoms with Crippen molar-refractivity contribution >= 4 is 6.09 Å². The van der Waals surface area contributed by atoms with Gasteiger partial charge in [-0.05, 0) is 66.1 Å². The first-order chi connectivity index (χ1) is 19.5. The number of ether oxygens (including phenoxy) is 1. The highest BCUT2D eigenvalue weighted by atomic mass is 16.6. The monoisotopic (exact) mass is 564 g/mol. The molecule has 0 atom stereocenters. The van der Waals surface area contributed by atoms with Gasteiger partial charge in [0, 0.05) is 32.7 Å². The van der Waals surface area contributed by atoms with E-state index in [0.717, 1.165) is 52.0 Å². The number of rotatable bonds is 29. The van der Waals surface area contributed by atoms with Gasteiger partial charge in [0.25, 0.3) is 0 Å². The maximum Gasteiger partial charge on any atom is 0.409 e. The lowest BCUT2D eigenvalue weighted by Crippen LogP contribution is -2.36. The molecule has 0 spiro atoms. The lowest BCUT2D eigenvalue weighted by Gasteiger charge is -2.24. The first-order valence-electron chi connectivity index (χ1n) is 17.1. The van der Waals surface area contributed by atoms with Crippen molar-refractivity contribution in [2.75, 3.05) is 60.5 Å². The van der Waals surface area contributed by atoms with Gasteiger partial charge in [-0.15, -0.1) is 0 Å². The van der Waals surface area contributed by atoms with Crippen molar-refractivity contribution in [3.05, 3.63) is 24.3 Å². The number of amides is 1. The number of nitrogens with zero attached hydrogens (tertiary/aromatic N) is 3. The van der Waals surface area contributed by atoms with Crippen molar-refractivity contribution in [1.29, 1.82) is 0 Å². The van der Waals surface area contributed by atoms with Gasteiger partial charge in [-0.3, -0.25) is 0 Å². The molecule has 0 aliphatic carbocycles. The molecule has 0 aliphatic rings. The van der Waals surface area contributed by atoms with Crippen LogP contribution in [0, 0.1) is 0 Å². The van der Waals surface area contributed by atoms with Crippen LogP contribution in [-0.4, -0.2) is 81.3 Å². The Kier molecular flexibility index (Phi) is 29.6. The average Bonchev–Trinajstić information content (AvgIpc) is 2.94. The molecule has 0 aromatic carbocycles. The van der Waals surface area contributed by atoms with Crippen LogP contribution in [0.1, 0.15) is 136 Å². The predicted octanol–water partition coefficient (Wildman–Crippen LogP) is 9.48. The van der Waals surface area contributed by atoms with E-state index < -0.39 is 0 Å². The molecule has 236 valence electrons. The van der Waals surface area contributed by atoms with Crippen molar-refractivity contribution in [3.8, 4) is 0 Å². The fraction of sp³-hybridized carbons (Fsp3) is 0.857. The maximum absolute atomic E-state index is 12.9. The Hall–Kier alpha value is -1.33. The molecule has 0 saturated heterocycles. The van der Waals surface area contributed by atoms with Crippen molar-refractivity contribution < 1.29 is 9.53 Å². The van der Waals surface area contributed by atoms with Crippen LogP contribution in [0.15, 0.2) is 24.3 Å². The van der Waals surface area contributed by atoms with Crippen LogP contribution in [-0.2, 0) is 4.74 Å². The van der Waals surface area contributed by atoms with E-state index >= 15 is 0 Å². The summed E-state index contributed by atoms with van der Waals surface area (Å²) in [5.74, 6) is 0. The fourth-order valence-electron chi connectivity index (χ4n) is 4.71. The Labute approximate surface area is 250 Å². The van der Waals surface area contributed by atoms with E-state index in [1.54, 1.807) is 0 Å². The molecule has 0 radical (unpaired) electrons. The summed E-state index contributed by atoms with van der Waals surface area (Å²) in [4.78, 5) is 19.2. The molecule has 0 fully saturated rings. The molecule has 0 aromatic heterocycles. The SMILES string of the molecule is CCCCC/C=C\C/C=C\CCCCCCCCN(CCCCCCCCC)C(=O)OCCN(C)CCN(C)C. The molecule has 0 aromatic rings. The Morgan fingerprint density at radius 1 is 0.550 bits per heavy atom. The van der Waals surface area contributed by atoms with Crippen molar-refractivity contribution in [2.45, 2.75) is 136 Å². The van der Waals surface area contributed by atoms with E-state index in [4.69, 9.17) is 4.74 Å². The molecule has 0 heterocycles. The van der Waals surface area contributed by atoms with Crippen LogP contribution in [0.25, 0.3) is 0 Å². The second-order valence-corrected chi connectivity index (χ2v) is 11.9. The van der Waals surface area contributed by atoms with E-state index in [-0.39, 0.29) is 6.09 Å². The molecule has 5 nitrogen and oxygen atoms in total. The average molecular weight is 564 g/mol. The van der Waals surface area contributed by atoms with E-state index in [1.165, 1.54) is 103 Å². The second kappa shape index (κ2) is 30.6. The highest BCUT2D eigenvalue weighted by molar-refractivity contribution is 5.67. The zero-order chi connectivity index (χ0) is 29.5. The lowest BCUT2D eigenvalue weighted by atomic mass is 10.1. The molecule has 0 unspecified atom stereocenters. The van der Waals surface area contributed by atoms with E-state index in [1.807, 2.05) is 4.90 Å². The van der Waals surface area contributed by atoms with Gasteiger partial charge in [-0.25, -0.2) is 4.79 Å². The number of likely N-dealkylation sites (N-methyl/N-ethyl adjacent to an activating group) is 2. The maximum atomic E-state index is 12.9. The van der Waals surface area contributed by atoms with Gasteiger partial charge < -0.3 is 19.4 Å². The third-order valence-electron chi connectivity index (χ3n) is 7.55. The molecular weight excluding hydrogens is 494 g/mol. The first kappa shape index (κ1) is 38.7. The second-order valence-electron chi connectivity index (χ2n) is 11.9. The molecule has 0 aliphatic heterocycles. The standard InChI is InChI=1S/C35H69N3O2/c1-6-8-10-12-14-15-16-17-18-19-20-21-22-24-26-28-30-38(29-27-25-23-13-11-9-7-2)35(39)40-34-33-37(5)32-31-36(3)4/h14-15,17-18H,6-13,16,19-34H2,1-5H3/b15-14-,18-17-. The molecule has 40 heavy (non-hydrogen) atoms. The van der Waals surface area contributed by atoms with E-state index in [2.05, 4.69) is 69.1 Å². The lowest BCUT2D eigenvalue weighted by molar-refractivity contribution is 0.0914. The number of carbonyl (C=O) groups is 1. The smallest absolute Gasteiger partial charge is 0.409 e. The minimum atomic E-state index is -0.116. The summed E-state index contributed by atoms with van der Waals surface area (Å²) in [5.41, 5.74) is 0. The number of hydrogen-bond donors (Lipinski definition) is 0. The van der Waals surface area contributed by atoms with E-state index in [0.29, 0.717) is 6.61 Å². The molecule has 0 bridgehead atoms. The Morgan fingerprint density at radius 2 is 1.02 bits per heavy atom. The summed E-state index contributed by atoms with van der Waals surface area (Å²) in [7, 11) is 6.27. The van der Waals surface area contributed by atoms with Crippen LogP contribution < -0.4 is 0 Å². The van der Waals surface area contributed by atoms with Gasteiger partial charge >= 0.3 is 6.09 Å². The topological polar surface area (TPSA) is 36.0 Å². The van der Waals surface area contributed by atoms with Crippen LogP contribution >= 0.6 is 0 Å². The third kappa shape index (κ3) is 28.2. The highest BCUT2D eigenvalue weighted by Crippen LogP contribution is 2.11. The summed E-state index contributed by atoms with van der Waals surface area (Å²) in [6, 6.07) is 0. The van der Waals surface area contributed by atoms with Crippen LogP contribution in [0.2, 0.25) is 0 Å². The number of carbonyl (C=O) groups excluding carboxylic acids is 1. The molecule has 0 rings (SSSR count). The number of hydrogen-bond acceptors (Lipinski definition) is 4. The van der Waals surface area contributed by atoms with Gasteiger partial charge in [0.1, 0.15) is 6.61 Å². The van der Waals surface area contributed by atoms with Crippen molar-refractivity contribution in [2.24, 2.45) is 0 Å². The first-order valence-corrected chi connectivity index (χ1v) is 17.1. The number of unbranched alkanes of at least 4 members (excludes halogenated alkanes) is 15. The summed E-state index contributed by atoms with van der Waals surface area (Å²) in [5, 5.41) is 0. The van der Waals surface area contributed by atoms with Gasteiger partial charge in [-0.1, -0.05) is 115 Å². The number of allylic oxidation sites excluding steroid dienone is 4. The van der Waals surface area contributed by atoms with Crippen LogP contribution in [0.3, 0.4) is 0 Å². The summed E-state index contributed by atoms with van der Waals surface area (Å²) >= 11 is 0. The Morgan fingerprint density at radius 3 is 1.57 bits per heavy atom. The van der Waals surface area contributed by atoms with Crippen molar-refractivity contribution in [3.63, 3.8) is 0 Å². The molecule has 1 amide bonds. The normalized spacial score (nSPS) is 12.0. The zero-order valence-electron chi connectivity index (χ0n) is 27.6. The summed E-state index contributed by atoms with van der Waals surface area (Å²) in [6.45, 7) is 9.45. The van der Waals surface area contributed by atoms with Gasteiger partial charge in [0.05, 0.1) is 0 Å². The highest BCUT2D eigenvalue weighted by Gasteiger charge is 2.14. The molecule has 0 saturated carbocycles. The largest absolute Gasteiger partial charge is 0.448 e. The van der Waals surface area contributed by atoms with Gasteiger partial charge in [0.2, 0.25) is 0 Å². The Bertz CT molecular complexity index is 591. The summed E-state index contributed by atoms with van der Waals surface area (Å²) in [6.07, 6.45) is 33.0. The minimum Gasteiger partial charge on any atom is -0.448 e.